The molecule has 0 bridgehead atoms. The molecule has 0 saturated carbocycles. The van der Waals surface area contributed by atoms with Crippen molar-refractivity contribution in [2.75, 3.05) is 39.4 Å². The Balaban J connectivity index is 1.56. The van der Waals surface area contributed by atoms with Gasteiger partial charge in [0, 0.05) is 26.2 Å². The van der Waals surface area contributed by atoms with Crippen molar-refractivity contribution < 1.29 is 9.53 Å². The first-order chi connectivity index (χ1) is 11.3. The Bertz CT molecular complexity index is 573. The number of nitriles is 1. The van der Waals surface area contributed by atoms with Crippen molar-refractivity contribution in [3.05, 3.63) is 35.4 Å². The van der Waals surface area contributed by atoms with Crippen LogP contribution >= 0.6 is 0 Å². The minimum atomic E-state index is 0.111. The highest BCUT2D eigenvalue weighted by Crippen LogP contribution is 2.21. The monoisotopic (exact) mass is 313 g/mol. The van der Waals surface area contributed by atoms with Gasteiger partial charge in [-0.3, -0.25) is 9.69 Å². The zero-order valence-corrected chi connectivity index (χ0v) is 13.4. The number of nitrogens with zero attached hydrogens (tertiary/aromatic N) is 3. The number of carbonyl (C=O) groups is 1. The van der Waals surface area contributed by atoms with Gasteiger partial charge >= 0.3 is 0 Å². The maximum Gasteiger partial charge on any atom is 0.227 e. The standard InChI is InChI=1S/C18H23N3O2/c19-12-15-3-5-16(6-4-15)13-20-7-1-2-17(14-20)18(22)21-8-10-23-11-9-21/h3-6,17H,1-2,7-11,13-14H2. The second-order valence-corrected chi connectivity index (χ2v) is 6.32. The number of benzene rings is 1. The normalized spacial score (nSPS) is 22.6. The number of ether oxygens (including phenoxy) is 1. The predicted molar refractivity (Wildman–Crippen MR) is 86.6 cm³/mol. The van der Waals surface area contributed by atoms with Gasteiger partial charge in [-0.05, 0) is 37.1 Å². The Morgan fingerprint density at radius 1 is 1.22 bits per heavy atom. The molecule has 23 heavy (non-hydrogen) atoms. The van der Waals surface area contributed by atoms with E-state index in [9.17, 15) is 4.79 Å². The van der Waals surface area contributed by atoms with Gasteiger partial charge in [-0.25, -0.2) is 0 Å². The summed E-state index contributed by atoms with van der Waals surface area (Å²) in [5.41, 5.74) is 1.89. The minimum absolute atomic E-state index is 0.111. The number of hydrogen-bond acceptors (Lipinski definition) is 4. The van der Waals surface area contributed by atoms with Crippen LogP contribution in [-0.2, 0) is 16.1 Å². The van der Waals surface area contributed by atoms with Crippen molar-refractivity contribution in [2.24, 2.45) is 5.92 Å². The van der Waals surface area contributed by atoms with Gasteiger partial charge in [0.1, 0.15) is 0 Å². The number of hydrogen-bond donors (Lipinski definition) is 0. The molecule has 2 aliphatic rings. The summed E-state index contributed by atoms with van der Waals surface area (Å²) >= 11 is 0. The minimum Gasteiger partial charge on any atom is -0.378 e. The van der Waals surface area contributed by atoms with E-state index in [1.807, 2.05) is 29.2 Å². The fourth-order valence-corrected chi connectivity index (χ4v) is 3.39. The molecule has 5 nitrogen and oxygen atoms in total. The third kappa shape index (κ3) is 4.10. The molecular weight excluding hydrogens is 290 g/mol. The van der Waals surface area contributed by atoms with Gasteiger partial charge in [-0.2, -0.15) is 5.26 Å². The highest BCUT2D eigenvalue weighted by Gasteiger charge is 2.29. The van der Waals surface area contributed by atoms with E-state index in [4.69, 9.17) is 10.00 Å². The number of rotatable bonds is 3. The molecule has 2 fully saturated rings. The molecule has 0 aromatic heterocycles. The molecule has 1 amide bonds. The summed E-state index contributed by atoms with van der Waals surface area (Å²) in [4.78, 5) is 17.0. The maximum absolute atomic E-state index is 12.6. The SMILES string of the molecule is N#Cc1ccc(CN2CCCC(C(=O)N3CCOCC3)C2)cc1. The summed E-state index contributed by atoms with van der Waals surface area (Å²) in [6, 6.07) is 9.87. The second-order valence-electron chi connectivity index (χ2n) is 6.32. The fourth-order valence-electron chi connectivity index (χ4n) is 3.39. The molecule has 0 spiro atoms. The van der Waals surface area contributed by atoms with Gasteiger partial charge < -0.3 is 9.64 Å². The van der Waals surface area contributed by atoms with Crippen molar-refractivity contribution >= 4 is 5.91 Å². The van der Waals surface area contributed by atoms with Gasteiger partial charge in [0.05, 0.1) is 30.8 Å². The van der Waals surface area contributed by atoms with Crippen LogP contribution in [0.1, 0.15) is 24.0 Å². The molecule has 1 atom stereocenters. The van der Waals surface area contributed by atoms with Crippen molar-refractivity contribution in [3.8, 4) is 6.07 Å². The average Bonchev–Trinajstić information content (AvgIpc) is 2.63. The van der Waals surface area contributed by atoms with Crippen molar-refractivity contribution in [3.63, 3.8) is 0 Å². The van der Waals surface area contributed by atoms with Crippen LogP contribution in [0.15, 0.2) is 24.3 Å². The zero-order chi connectivity index (χ0) is 16.1. The maximum atomic E-state index is 12.6. The van der Waals surface area contributed by atoms with Gasteiger partial charge in [0.15, 0.2) is 0 Å². The molecule has 2 aliphatic heterocycles. The largest absolute Gasteiger partial charge is 0.378 e. The van der Waals surface area contributed by atoms with E-state index in [-0.39, 0.29) is 11.8 Å². The lowest BCUT2D eigenvalue weighted by molar-refractivity contribution is -0.141. The molecule has 3 rings (SSSR count). The average molecular weight is 313 g/mol. The molecule has 1 aromatic carbocycles. The number of carbonyl (C=O) groups excluding carboxylic acids is 1. The Morgan fingerprint density at radius 3 is 2.65 bits per heavy atom. The van der Waals surface area contributed by atoms with Crippen LogP contribution in [0.2, 0.25) is 0 Å². The topological polar surface area (TPSA) is 56.6 Å². The highest BCUT2D eigenvalue weighted by atomic mass is 16.5. The van der Waals surface area contributed by atoms with E-state index in [0.29, 0.717) is 18.8 Å². The van der Waals surface area contributed by atoms with Crippen LogP contribution in [0.4, 0.5) is 0 Å². The fraction of sp³-hybridized carbons (Fsp3) is 0.556. The number of morpholine rings is 1. The molecule has 0 radical (unpaired) electrons. The first-order valence-corrected chi connectivity index (χ1v) is 8.34. The van der Waals surface area contributed by atoms with E-state index in [1.165, 1.54) is 5.56 Å². The Hall–Kier alpha value is -1.90. The lowest BCUT2D eigenvalue weighted by Gasteiger charge is -2.36. The number of amides is 1. The van der Waals surface area contributed by atoms with Gasteiger partial charge in [0.25, 0.3) is 0 Å². The molecule has 0 N–H and O–H groups in total. The number of likely N-dealkylation sites (tertiary alicyclic amines) is 1. The molecule has 2 heterocycles. The van der Waals surface area contributed by atoms with Crippen molar-refractivity contribution in [1.82, 2.24) is 9.80 Å². The predicted octanol–water partition coefficient (Wildman–Crippen LogP) is 1.63. The molecule has 122 valence electrons. The van der Waals surface area contributed by atoms with Gasteiger partial charge in [-0.15, -0.1) is 0 Å². The van der Waals surface area contributed by atoms with Crippen LogP contribution in [-0.4, -0.2) is 55.1 Å². The molecule has 5 heteroatoms. The summed E-state index contributed by atoms with van der Waals surface area (Å²) in [6.07, 6.45) is 2.05. The molecule has 0 aliphatic carbocycles. The van der Waals surface area contributed by atoms with Crippen LogP contribution in [0.5, 0.6) is 0 Å². The van der Waals surface area contributed by atoms with E-state index in [0.717, 1.165) is 45.6 Å². The first-order valence-electron chi connectivity index (χ1n) is 8.34. The van der Waals surface area contributed by atoms with E-state index < -0.39 is 0 Å². The summed E-state index contributed by atoms with van der Waals surface area (Å²) in [5, 5.41) is 8.86. The lowest BCUT2D eigenvalue weighted by Crippen LogP contribution is -2.48. The van der Waals surface area contributed by atoms with Crippen molar-refractivity contribution in [1.29, 1.82) is 5.26 Å². The highest BCUT2D eigenvalue weighted by molar-refractivity contribution is 5.79. The first kappa shape index (κ1) is 16.0. The number of piperidine rings is 1. The Morgan fingerprint density at radius 2 is 1.96 bits per heavy atom. The Kier molecular flexibility index (Phi) is 5.27. The molecule has 1 aromatic rings. The second kappa shape index (κ2) is 7.58. The lowest BCUT2D eigenvalue weighted by atomic mass is 9.96. The van der Waals surface area contributed by atoms with Crippen LogP contribution in [0.25, 0.3) is 0 Å². The van der Waals surface area contributed by atoms with Gasteiger partial charge in [-0.1, -0.05) is 12.1 Å². The summed E-state index contributed by atoms with van der Waals surface area (Å²) in [7, 11) is 0. The summed E-state index contributed by atoms with van der Waals surface area (Å²) in [6.45, 7) is 5.48. The molecule has 2 saturated heterocycles. The summed E-state index contributed by atoms with van der Waals surface area (Å²) < 4.78 is 5.33. The Labute approximate surface area is 137 Å². The third-order valence-corrected chi connectivity index (χ3v) is 4.67. The quantitative estimate of drug-likeness (QED) is 0.851. The van der Waals surface area contributed by atoms with Crippen LogP contribution < -0.4 is 0 Å². The van der Waals surface area contributed by atoms with Crippen LogP contribution in [0, 0.1) is 17.2 Å². The van der Waals surface area contributed by atoms with Gasteiger partial charge in [0.2, 0.25) is 5.91 Å². The van der Waals surface area contributed by atoms with E-state index >= 15 is 0 Å². The zero-order valence-electron chi connectivity index (χ0n) is 13.4. The van der Waals surface area contributed by atoms with Crippen molar-refractivity contribution in [2.45, 2.75) is 19.4 Å². The molecular formula is C18H23N3O2. The smallest absolute Gasteiger partial charge is 0.227 e. The van der Waals surface area contributed by atoms with E-state index in [1.54, 1.807) is 0 Å². The van der Waals surface area contributed by atoms with E-state index in [2.05, 4.69) is 11.0 Å². The van der Waals surface area contributed by atoms with Crippen LogP contribution in [0.3, 0.4) is 0 Å². The molecule has 1 unspecified atom stereocenters. The summed E-state index contributed by atoms with van der Waals surface area (Å²) in [5.74, 6) is 0.401. The third-order valence-electron chi connectivity index (χ3n) is 4.67.